The first-order valence-electron chi connectivity index (χ1n) is 13.6. The Kier molecular flexibility index (Phi) is 6.30. The van der Waals surface area contributed by atoms with Crippen molar-refractivity contribution in [2.45, 2.75) is 52.6 Å². The molecular weight excluding hydrogens is 564 g/mol. The van der Waals surface area contributed by atoms with Gasteiger partial charge < -0.3 is 14.8 Å². The molecule has 0 aliphatic carbocycles. The number of carbonyl (C=O) groups excluding carboxylic acids is 1. The first-order chi connectivity index (χ1) is 19.0. The van der Waals surface area contributed by atoms with E-state index in [1.54, 1.807) is 0 Å². The van der Waals surface area contributed by atoms with Crippen molar-refractivity contribution in [2.24, 2.45) is 4.99 Å². The highest BCUT2D eigenvalue weighted by Gasteiger charge is 2.30. The third kappa shape index (κ3) is 4.58. The van der Waals surface area contributed by atoms with E-state index in [-0.39, 0.29) is 17.0 Å². The van der Waals surface area contributed by atoms with Gasteiger partial charge in [0, 0.05) is 50.6 Å². The molecule has 3 aliphatic rings. The molecule has 0 amide bonds. The lowest BCUT2D eigenvalue weighted by Gasteiger charge is -2.33. The Balaban J connectivity index is 1.69. The molecule has 0 bridgehead atoms. The van der Waals surface area contributed by atoms with Gasteiger partial charge in [0.1, 0.15) is 18.1 Å². The summed E-state index contributed by atoms with van der Waals surface area (Å²) in [7, 11) is 0. The van der Waals surface area contributed by atoms with Crippen LogP contribution in [0.4, 0.5) is 5.69 Å². The molecule has 3 aliphatic heterocycles. The Hall–Kier alpha value is -3.64. The lowest BCUT2D eigenvalue weighted by atomic mass is 9.84. The maximum Gasteiger partial charge on any atom is 0.338 e. The van der Waals surface area contributed by atoms with Crippen molar-refractivity contribution in [3.8, 4) is 11.5 Å². The van der Waals surface area contributed by atoms with Crippen LogP contribution in [0.1, 0.15) is 74.2 Å². The molecule has 0 spiro atoms. The number of hydrogen-bond acceptors (Lipinski definition) is 5. The van der Waals surface area contributed by atoms with Crippen molar-refractivity contribution < 1.29 is 14.3 Å². The molecule has 3 aromatic rings. The molecule has 3 aromatic carbocycles. The van der Waals surface area contributed by atoms with Crippen molar-refractivity contribution in [3.05, 3.63) is 99.1 Å². The summed E-state index contributed by atoms with van der Waals surface area (Å²) in [6, 6.07) is 16.2. The van der Waals surface area contributed by atoms with Gasteiger partial charge in [0.15, 0.2) is 0 Å². The van der Waals surface area contributed by atoms with Gasteiger partial charge in [-0.2, -0.15) is 0 Å². The minimum Gasteiger partial charge on any atom is -0.461 e. The minimum atomic E-state index is -0.347. The third-order valence-corrected chi connectivity index (χ3v) is 7.89. The smallest absolute Gasteiger partial charge is 0.338 e. The fourth-order valence-electron chi connectivity index (χ4n) is 6.14. The summed E-state index contributed by atoms with van der Waals surface area (Å²) in [6.07, 6.45) is 4.45. The van der Waals surface area contributed by atoms with E-state index in [0.29, 0.717) is 17.5 Å². The summed E-state index contributed by atoms with van der Waals surface area (Å²) in [5.74, 6) is 1.12. The number of benzene rings is 3. The van der Waals surface area contributed by atoms with Crippen LogP contribution in [0, 0.1) is 0 Å². The molecule has 0 radical (unpaired) electrons. The SMILES string of the molecule is CC1=CC(C)(C)Nc2cc3c(cc21)C(c1ccccc1C(=O)OCCBr)=c1cc2c(cc1O3)=NC(C)(C)C=C2C. The van der Waals surface area contributed by atoms with Crippen LogP contribution in [0.3, 0.4) is 0 Å². The zero-order valence-corrected chi connectivity index (χ0v) is 25.3. The average Bonchev–Trinajstić information content (AvgIpc) is 2.87. The maximum atomic E-state index is 13.3. The number of fused-ring (bicyclic) bond motifs is 4. The molecule has 40 heavy (non-hydrogen) atoms. The van der Waals surface area contributed by atoms with Gasteiger partial charge in [0.25, 0.3) is 0 Å². The van der Waals surface area contributed by atoms with Crippen molar-refractivity contribution in [2.75, 3.05) is 17.3 Å². The molecule has 0 fully saturated rings. The van der Waals surface area contributed by atoms with E-state index in [1.165, 1.54) is 11.1 Å². The monoisotopic (exact) mass is 596 g/mol. The molecule has 0 saturated carbocycles. The van der Waals surface area contributed by atoms with Crippen molar-refractivity contribution in [1.82, 2.24) is 0 Å². The van der Waals surface area contributed by atoms with Gasteiger partial charge in [-0.05, 0) is 76.5 Å². The third-order valence-electron chi connectivity index (χ3n) is 7.57. The molecule has 0 saturated heterocycles. The lowest BCUT2D eigenvalue weighted by Crippen LogP contribution is -2.32. The normalized spacial score (nSPS) is 17.4. The molecule has 6 rings (SSSR count). The maximum absolute atomic E-state index is 13.3. The number of ether oxygens (including phenoxy) is 2. The highest BCUT2D eigenvalue weighted by Crippen LogP contribution is 2.44. The largest absolute Gasteiger partial charge is 0.461 e. The predicted octanol–water partition coefficient (Wildman–Crippen LogP) is 7.01. The number of nitrogens with zero attached hydrogens (tertiary/aromatic N) is 1. The topological polar surface area (TPSA) is 59.9 Å². The minimum absolute atomic E-state index is 0.177. The Morgan fingerprint density at radius 3 is 2.45 bits per heavy atom. The summed E-state index contributed by atoms with van der Waals surface area (Å²) in [5.41, 5.74) is 8.33. The second-order valence-corrected chi connectivity index (χ2v) is 12.7. The van der Waals surface area contributed by atoms with E-state index >= 15 is 0 Å². The molecule has 6 heteroatoms. The fourth-order valence-corrected chi connectivity index (χ4v) is 6.30. The van der Waals surface area contributed by atoms with Gasteiger partial charge in [0.05, 0.1) is 22.0 Å². The van der Waals surface area contributed by atoms with Crippen LogP contribution >= 0.6 is 15.9 Å². The van der Waals surface area contributed by atoms with Crippen LogP contribution in [-0.2, 0) is 4.74 Å². The van der Waals surface area contributed by atoms with E-state index < -0.39 is 0 Å². The Bertz CT molecular complexity index is 1780. The molecule has 1 N–H and O–H groups in total. The van der Waals surface area contributed by atoms with Gasteiger partial charge in [-0.25, -0.2) is 4.79 Å². The second kappa shape index (κ2) is 9.48. The van der Waals surface area contributed by atoms with Crippen LogP contribution in [-0.4, -0.2) is 29.0 Å². The van der Waals surface area contributed by atoms with Crippen molar-refractivity contribution in [3.63, 3.8) is 0 Å². The van der Waals surface area contributed by atoms with Gasteiger partial charge in [-0.3, -0.25) is 4.99 Å². The quantitative estimate of drug-likeness (QED) is 0.203. The number of esters is 1. The summed E-state index contributed by atoms with van der Waals surface area (Å²) in [4.78, 5) is 18.3. The zero-order chi connectivity index (χ0) is 28.4. The highest BCUT2D eigenvalue weighted by atomic mass is 79.9. The Morgan fingerprint density at radius 2 is 1.68 bits per heavy atom. The van der Waals surface area contributed by atoms with Crippen LogP contribution in [0.5, 0.6) is 11.5 Å². The molecule has 5 nitrogen and oxygen atoms in total. The van der Waals surface area contributed by atoms with Crippen LogP contribution in [0.15, 0.2) is 65.7 Å². The summed E-state index contributed by atoms with van der Waals surface area (Å²) >= 11 is 3.36. The number of nitrogens with one attached hydrogen (secondary N) is 1. The second-order valence-electron chi connectivity index (χ2n) is 11.9. The zero-order valence-electron chi connectivity index (χ0n) is 23.7. The number of alkyl halides is 1. The Labute approximate surface area is 243 Å². The molecule has 0 aromatic heterocycles. The van der Waals surface area contributed by atoms with Crippen molar-refractivity contribution >= 4 is 44.3 Å². The number of carbonyl (C=O) groups is 1. The predicted molar refractivity (Wildman–Crippen MR) is 165 cm³/mol. The Morgan fingerprint density at radius 1 is 0.925 bits per heavy atom. The summed E-state index contributed by atoms with van der Waals surface area (Å²) in [6.45, 7) is 13.1. The fraction of sp³-hybridized carbons (Fsp3) is 0.294. The van der Waals surface area contributed by atoms with Crippen LogP contribution < -0.4 is 20.6 Å². The molecular formula is C34H33BrN2O3. The number of hydrogen-bond donors (Lipinski definition) is 1. The van der Waals surface area contributed by atoms with Gasteiger partial charge >= 0.3 is 5.97 Å². The average molecular weight is 598 g/mol. The number of rotatable bonds is 4. The highest BCUT2D eigenvalue weighted by molar-refractivity contribution is 9.09. The summed E-state index contributed by atoms with van der Waals surface area (Å²) < 4.78 is 12.2. The number of halogens is 1. The lowest BCUT2D eigenvalue weighted by molar-refractivity contribution is 0.0531. The molecule has 3 heterocycles. The van der Waals surface area contributed by atoms with Gasteiger partial charge in [0.2, 0.25) is 0 Å². The molecule has 0 atom stereocenters. The molecule has 0 unspecified atom stereocenters. The van der Waals surface area contributed by atoms with E-state index in [2.05, 4.69) is 93.1 Å². The molecule has 204 valence electrons. The number of anilines is 1. The van der Waals surface area contributed by atoms with E-state index in [0.717, 1.165) is 55.6 Å². The van der Waals surface area contributed by atoms with E-state index in [4.69, 9.17) is 14.5 Å². The number of allylic oxidation sites excluding steroid dienone is 2. The summed E-state index contributed by atoms with van der Waals surface area (Å²) in [5, 5.41) is 6.06. The van der Waals surface area contributed by atoms with E-state index in [9.17, 15) is 4.79 Å². The first-order valence-corrected chi connectivity index (χ1v) is 14.7. The standard InChI is InChI=1S/C34H33BrN2O3/c1-19-17-33(3,4)36-27-15-29-25(13-23(19)27)31(21-9-7-8-10-22(21)32(38)39-12-11-35)26-14-24-20(2)18-34(5,6)37-28(24)16-30(26)40-29/h7-10,13-18,36H,11-12H2,1-6H3. The first kappa shape index (κ1) is 26.6. The van der Waals surface area contributed by atoms with Crippen LogP contribution in [0.25, 0.3) is 16.7 Å². The van der Waals surface area contributed by atoms with E-state index in [1.807, 2.05) is 30.3 Å². The van der Waals surface area contributed by atoms with Gasteiger partial charge in [-0.15, -0.1) is 0 Å². The van der Waals surface area contributed by atoms with Crippen LogP contribution in [0.2, 0.25) is 0 Å². The van der Waals surface area contributed by atoms with Gasteiger partial charge in [-0.1, -0.05) is 46.3 Å². The van der Waals surface area contributed by atoms with Crippen molar-refractivity contribution in [1.29, 1.82) is 0 Å².